The summed E-state index contributed by atoms with van der Waals surface area (Å²) in [5.41, 5.74) is 0.786. The first-order valence-electron chi connectivity index (χ1n) is 8.89. The number of hydrogen-bond donors (Lipinski definition) is 2. The number of carbonyl (C=O) groups excluding carboxylic acids is 1. The number of fused-ring (bicyclic) bond motifs is 1. The number of aliphatic carboxylic acids is 1. The molecule has 0 unspecified atom stereocenters. The highest BCUT2D eigenvalue weighted by Crippen LogP contribution is 2.33. The fraction of sp³-hybridized carbons (Fsp3) is 0.263. The minimum Gasteiger partial charge on any atom is -0.486 e. The fourth-order valence-electron chi connectivity index (χ4n) is 3.25. The zero-order valence-electron chi connectivity index (χ0n) is 15.2. The number of carboxylic acid groups (broad SMARTS) is 1. The van der Waals surface area contributed by atoms with Gasteiger partial charge in [0, 0.05) is 24.7 Å². The quantitative estimate of drug-likeness (QED) is 0.758. The minimum absolute atomic E-state index is 0.0116. The molecule has 1 atom stereocenters. The van der Waals surface area contributed by atoms with Crippen LogP contribution in [0.1, 0.15) is 6.42 Å². The Kier molecular flexibility index (Phi) is 4.79. The Bertz CT molecular complexity index is 1070. The molecule has 0 spiro atoms. The van der Waals surface area contributed by atoms with Crippen molar-refractivity contribution < 1.29 is 32.6 Å². The second-order valence-electron chi connectivity index (χ2n) is 6.70. The van der Waals surface area contributed by atoms with Gasteiger partial charge in [-0.05, 0) is 36.4 Å². The number of rotatable bonds is 5. The van der Waals surface area contributed by atoms with Gasteiger partial charge in [-0.2, -0.15) is 0 Å². The van der Waals surface area contributed by atoms with E-state index in [1.165, 1.54) is 29.2 Å². The summed E-state index contributed by atoms with van der Waals surface area (Å²) < 4.78 is 38.7. The zero-order valence-corrected chi connectivity index (χ0v) is 16.0. The van der Waals surface area contributed by atoms with Crippen LogP contribution in [-0.2, 0) is 19.6 Å². The second kappa shape index (κ2) is 7.28. The molecule has 0 radical (unpaired) electrons. The number of hydrogen-bond acceptors (Lipinski definition) is 6. The van der Waals surface area contributed by atoms with Gasteiger partial charge in [0.05, 0.1) is 16.5 Å². The standard InChI is InChI=1S/C19H18N2O7S/c22-18-9-12(19(23)24)11-21(18)14-2-4-15(5-3-14)29(25,26)20-13-1-6-16-17(10-13)28-8-7-27-16/h1-6,10,12,20H,7-9,11H2,(H,23,24)/t12-/m1/s1. The molecular formula is C19H18N2O7S. The molecule has 152 valence electrons. The summed E-state index contributed by atoms with van der Waals surface area (Å²) in [5, 5.41) is 9.08. The summed E-state index contributed by atoms with van der Waals surface area (Å²) >= 11 is 0. The molecule has 2 aromatic carbocycles. The van der Waals surface area contributed by atoms with Crippen molar-refractivity contribution in [2.45, 2.75) is 11.3 Å². The molecule has 10 heteroatoms. The van der Waals surface area contributed by atoms with Gasteiger partial charge in [0.1, 0.15) is 13.2 Å². The van der Waals surface area contributed by atoms with Crippen molar-refractivity contribution in [2.75, 3.05) is 29.4 Å². The van der Waals surface area contributed by atoms with Crippen molar-refractivity contribution in [3.05, 3.63) is 42.5 Å². The van der Waals surface area contributed by atoms with E-state index in [1.807, 2.05) is 0 Å². The Morgan fingerprint density at radius 2 is 1.76 bits per heavy atom. The van der Waals surface area contributed by atoms with Crippen LogP contribution in [0.25, 0.3) is 0 Å². The molecule has 0 aliphatic carbocycles. The van der Waals surface area contributed by atoms with Crippen LogP contribution in [-0.4, -0.2) is 45.2 Å². The summed E-state index contributed by atoms with van der Waals surface area (Å²) in [4.78, 5) is 24.5. The molecule has 1 fully saturated rings. The first kappa shape index (κ1) is 19.1. The van der Waals surface area contributed by atoms with Gasteiger partial charge in [0.2, 0.25) is 5.91 Å². The third kappa shape index (κ3) is 3.83. The van der Waals surface area contributed by atoms with Crippen LogP contribution in [0.3, 0.4) is 0 Å². The van der Waals surface area contributed by atoms with Gasteiger partial charge in [0.15, 0.2) is 11.5 Å². The maximum atomic E-state index is 12.7. The smallest absolute Gasteiger partial charge is 0.308 e. The summed E-state index contributed by atoms with van der Waals surface area (Å²) in [6, 6.07) is 10.5. The van der Waals surface area contributed by atoms with Crippen LogP contribution in [0.4, 0.5) is 11.4 Å². The number of nitrogens with one attached hydrogen (secondary N) is 1. The monoisotopic (exact) mass is 418 g/mol. The summed E-state index contributed by atoms with van der Waals surface area (Å²) in [5.74, 6) is -1.07. The van der Waals surface area contributed by atoms with Gasteiger partial charge in [-0.25, -0.2) is 8.42 Å². The van der Waals surface area contributed by atoms with E-state index in [-0.39, 0.29) is 23.8 Å². The highest BCUT2D eigenvalue weighted by Gasteiger charge is 2.35. The SMILES string of the molecule is O=C(O)[C@@H]1CC(=O)N(c2ccc(S(=O)(=O)Nc3ccc4c(c3)OCCO4)cc2)C1. The molecule has 0 bridgehead atoms. The molecule has 2 aromatic rings. The maximum absolute atomic E-state index is 12.7. The Morgan fingerprint density at radius 3 is 2.41 bits per heavy atom. The van der Waals surface area contributed by atoms with E-state index in [0.717, 1.165) is 0 Å². The number of carboxylic acids is 1. The highest BCUT2D eigenvalue weighted by molar-refractivity contribution is 7.92. The van der Waals surface area contributed by atoms with E-state index < -0.39 is 21.9 Å². The van der Waals surface area contributed by atoms with E-state index in [9.17, 15) is 18.0 Å². The van der Waals surface area contributed by atoms with Crippen molar-refractivity contribution in [1.29, 1.82) is 0 Å². The predicted molar refractivity (Wildman–Crippen MR) is 103 cm³/mol. The van der Waals surface area contributed by atoms with E-state index in [4.69, 9.17) is 14.6 Å². The van der Waals surface area contributed by atoms with Crippen molar-refractivity contribution in [3.8, 4) is 11.5 Å². The summed E-state index contributed by atoms with van der Waals surface area (Å²) in [6.07, 6.45) is -0.0684. The van der Waals surface area contributed by atoms with Gasteiger partial charge in [-0.3, -0.25) is 14.3 Å². The van der Waals surface area contributed by atoms with Gasteiger partial charge >= 0.3 is 5.97 Å². The average molecular weight is 418 g/mol. The molecule has 2 aliphatic rings. The third-order valence-electron chi connectivity index (χ3n) is 4.73. The lowest BCUT2D eigenvalue weighted by Crippen LogP contribution is -2.25. The number of nitrogens with zero attached hydrogens (tertiary/aromatic N) is 1. The second-order valence-corrected chi connectivity index (χ2v) is 8.38. The molecule has 0 aromatic heterocycles. The van der Waals surface area contributed by atoms with Crippen LogP contribution in [0, 0.1) is 5.92 Å². The molecule has 1 amide bonds. The molecule has 1 saturated heterocycles. The van der Waals surface area contributed by atoms with Gasteiger partial charge in [0.25, 0.3) is 10.0 Å². The van der Waals surface area contributed by atoms with E-state index in [2.05, 4.69) is 4.72 Å². The number of benzene rings is 2. The topological polar surface area (TPSA) is 122 Å². The van der Waals surface area contributed by atoms with Gasteiger partial charge < -0.3 is 19.5 Å². The number of anilines is 2. The van der Waals surface area contributed by atoms with E-state index >= 15 is 0 Å². The Labute approximate surface area is 166 Å². The van der Waals surface area contributed by atoms with Gasteiger partial charge in [-0.15, -0.1) is 0 Å². The van der Waals surface area contributed by atoms with Crippen molar-refractivity contribution in [3.63, 3.8) is 0 Å². The number of sulfonamides is 1. The normalized spacial score (nSPS) is 18.6. The molecule has 29 heavy (non-hydrogen) atoms. The maximum Gasteiger partial charge on any atom is 0.308 e. The predicted octanol–water partition coefficient (Wildman–Crippen LogP) is 1.70. The zero-order chi connectivity index (χ0) is 20.6. The molecule has 9 nitrogen and oxygen atoms in total. The highest BCUT2D eigenvalue weighted by atomic mass is 32.2. The lowest BCUT2D eigenvalue weighted by atomic mass is 10.1. The Balaban J connectivity index is 1.51. The van der Waals surface area contributed by atoms with Crippen LogP contribution >= 0.6 is 0 Å². The Morgan fingerprint density at radius 1 is 1.07 bits per heavy atom. The minimum atomic E-state index is -3.86. The van der Waals surface area contributed by atoms with E-state index in [1.54, 1.807) is 18.2 Å². The van der Waals surface area contributed by atoms with Crippen molar-refractivity contribution in [2.24, 2.45) is 5.92 Å². The fourth-order valence-corrected chi connectivity index (χ4v) is 4.30. The number of ether oxygens (including phenoxy) is 2. The lowest BCUT2D eigenvalue weighted by Gasteiger charge is -2.19. The third-order valence-corrected chi connectivity index (χ3v) is 6.12. The van der Waals surface area contributed by atoms with Crippen molar-refractivity contribution >= 4 is 33.3 Å². The molecule has 0 saturated carbocycles. The largest absolute Gasteiger partial charge is 0.486 e. The number of carbonyl (C=O) groups is 2. The van der Waals surface area contributed by atoms with Gasteiger partial charge in [-0.1, -0.05) is 0 Å². The average Bonchev–Trinajstić information content (AvgIpc) is 3.10. The van der Waals surface area contributed by atoms with Crippen LogP contribution < -0.4 is 19.1 Å². The van der Waals surface area contributed by atoms with Crippen LogP contribution in [0.2, 0.25) is 0 Å². The molecule has 2 N–H and O–H groups in total. The lowest BCUT2D eigenvalue weighted by molar-refractivity contribution is -0.141. The molecular weight excluding hydrogens is 400 g/mol. The van der Waals surface area contributed by atoms with Crippen LogP contribution in [0.5, 0.6) is 11.5 Å². The van der Waals surface area contributed by atoms with Crippen molar-refractivity contribution in [1.82, 2.24) is 0 Å². The molecule has 4 rings (SSSR count). The van der Waals surface area contributed by atoms with Crippen LogP contribution in [0.15, 0.2) is 47.4 Å². The number of amides is 1. The summed E-state index contributed by atoms with van der Waals surface area (Å²) in [6.45, 7) is 0.898. The van der Waals surface area contributed by atoms with E-state index in [0.29, 0.717) is 36.1 Å². The first-order valence-corrected chi connectivity index (χ1v) is 10.4. The molecule has 2 aliphatic heterocycles. The Hall–Kier alpha value is -3.27. The molecule has 2 heterocycles. The summed E-state index contributed by atoms with van der Waals surface area (Å²) in [7, 11) is -3.86. The first-order chi connectivity index (χ1) is 13.8.